The maximum Gasteiger partial charge on any atom is 0.139 e. The molecule has 0 atom stereocenters. The van der Waals surface area contributed by atoms with Crippen molar-refractivity contribution in [3.8, 4) is 5.69 Å². The molecule has 0 unspecified atom stereocenters. The van der Waals surface area contributed by atoms with Gasteiger partial charge in [-0.15, -0.1) is 5.10 Å². The van der Waals surface area contributed by atoms with Crippen LogP contribution in [0.4, 0.5) is 0 Å². The lowest BCUT2D eigenvalue weighted by Crippen LogP contribution is -1.93. The standard InChI is InChI=1S/C12H11N5/c1-2-9-11(6-14-12(9)13-5-1)17-7-10(15-16-17)8-3-4-8/h1-2,5-8H,3-4H2,(H,13,14). The lowest BCUT2D eigenvalue weighted by Gasteiger charge is -1.95. The fourth-order valence-corrected chi connectivity index (χ4v) is 2.09. The van der Waals surface area contributed by atoms with Gasteiger partial charge in [-0.05, 0) is 25.0 Å². The van der Waals surface area contributed by atoms with E-state index in [2.05, 4.69) is 20.3 Å². The maximum atomic E-state index is 4.26. The van der Waals surface area contributed by atoms with E-state index < -0.39 is 0 Å². The van der Waals surface area contributed by atoms with Crippen LogP contribution in [0.3, 0.4) is 0 Å². The molecule has 0 bridgehead atoms. The summed E-state index contributed by atoms with van der Waals surface area (Å²) in [6, 6.07) is 3.96. The second kappa shape index (κ2) is 3.16. The molecular weight excluding hydrogens is 214 g/mol. The second-order valence-corrected chi connectivity index (χ2v) is 4.44. The van der Waals surface area contributed by atoms with Crippen LogP contribution in [-0.2, 0) is 0 Å². The minimum Gasteiger partial charge on any atom is -0.344 e. The Morgan fingerprint density at radius 2 is 2.29 bits per heavy atom. The highest BCUT2D eigenvalue weighted by atomic mass is 15.4. The molecule has 1 aliphatic rings. The highest BCUT2D eigenvalue weighted by Crippen LogP contribution is 2.38. The molecule has 0 saturated heterocycles. The summed E-state index contributed by atoms with van der Waals surface area (Å²) >= 11 is 0. The zero-order chi connectivity index (χ0) is 11.2. The Morgan fingerprint density at radius 3 is 3.18 bits per heavy atom. The van der Waals surface area contributed by atoms with Gasteiger partial charge in [0, 0.05) is 23.7 Å². The summed E-state index contributed by atoms with van der Waals surface area (Å²) in [5.41, 5.74) is 2.99. The topological polar surface area (TPSA) is 59.4 Å². The molecule has 5 heteroatoms. The average Bonchev–Trinajstić information content (AvgIpc) is 2.95. The van der Waals surface area contributed by atoms with Gasteiger partial charge in [-0.2, -0.15) is 0 Å². The molecule has 1 N–H and O–H groups in total. The predicted octanol–water partition coefficient (Wildman–Crippen LogP) is 2.02. The number of hydrogen-bond donors (Lipinski definition) is 1. The first kappa shape index (κ1) is 8.92. The average molecular weight is 225 g/mol. The van der Waals surface area contributed by atoms with Crippen molar-refractivity contribution >= 4 is 11.0 Å². The fraction of sp³-hybridized carbons (Fsp3) is 0.250. The zero-order valence-electron chi connectivity index (χ0n) is 9.17. The first-order chi connectivity index (χ1) is 8.42. The van der Waals surface area contributed by atoms with Crippen molar-refractivity contribution in [1.82, 2.24) is 25.0 Å². The summed E-state index contributed by atoms with van der Waals surface area (Å²) < 4.78 is 1.83. The van der Waals surface area contributed by atoms with Crippen molar-refractivity contribution in [2.45, 2.75) is 18.8 Å². The number of rotatable bonds is 2. The number of hydrogen-bond acceptors (Lipinski definition) is 3. The van der Waals surface area contributed by atoms with E-state index in [1.54, 1.807) is 6.20 Å². The molecule has 0 radical (unpaired) electrons. The Balaban J connectivity index is 1.86. The van der Waals surface area contributed by atoms with Gasteiger partial charge in [0.25, 0.3) is 0 Å². The van der Waals surface area contributed by atoms with Gasteiger partial charge in [-0.3, -0.25) is 0 Å². The lowest BCUT2D eigenvalue weighted by atomic mass is 10.3. The van der Waals surface area contributed by atoms with Crippen LogP contribution in [0.5, 0.6) is 0 Å². The number of H-pyrrole nitrogens is 1. The maximum absolute atomic E-state index is 4.26. The van der Waals surface area contributed by atoms with E-state index in [1.165, 1.54) is 12.8 Å². The molecule has 4 rings (SSSR count). The van der Waals surface area contributed by atoms with Crippen LogP contribution in [0.15, 0.2) is 30.7 Å². The Morgan fingerprint density at radius 1 is 1.35 bits per heavy atom. The third-order valence-corrected chi connectivity index (χ3v) is 3.18. The minimum absolute atomic E-state index is 0.632. The Labute approximate surface area is 97.5 Å². The van der Waals surface area contributed by atoms with Crippen LogP contribution in [0.1, 0.15) is 24.5 Å². The molecule has 1 saturated carbocycles. The van der Waals surface area contributed by atoms with Gasteiger partial charge < -0.3 is 4.98 Å². The molecule has 17 heavy (non-hydrogen) atoms. The second-order valence-electron chi connectivity index (χ2n) is 4.44. The van der Waals surface area contributed by atoms with Crippen molar-refractivity contribution in [3.63, 3.8) is 0 Å². The molecule has 3 aromatic rings. The zero-order valence-corrected chi connectivity index (χ0v) is 9.17. The number of aromatic amines is 1. The Bertz CT molecular complexity index is 677. The SMILES string of the molecule is c1cnc2[nH]cc(-n3cc(C4CC4)nn3)c2c1. The highest BCUT2D eigenvalue weighted by molar-refractivity contribution is 5.84. The molecular formula is C12H11N5. The molecule has 0 aliphatic heterocycles. The predicted molar refractivity (Wildman–Crippen MR) is 63.0 cm³/mol. The summed E-state index contributed by atoms with van der Waals surface area (Å²) in [7, 11) is 0. The van der Waals surface area contributed by atoms with Crippen LogP contribution in [0.25, 0.3) is 16.7 Å². The normalized spacial score (nSPS) is 15.5. The van der Waals surface area contributed by atoms with Crippen LogP contribution in [0.2, 0.25) is 0 Å². The van der Waals surface area contributed by atoms with Gasteiger partial charge in [0.05, 0.1) is 17.6 Å². The summed E-state index contributed by atoms with van der Waals surface area (Å²) in [5, 5.41) is 9.48. The minimum atomic E-state index is 0.632. The van der Waals surface area contributed by atoms with Gasteiger partial charge in [0.2, 0.25) is 0 Å². The molecule has 0 spiro atoms. The number of nitrogens with one attached hydrogen (secondary N) is 1. The molecule has 0 amide bonds. The van der Waals surface area contributed by atoms with Crippen molar-refractivity contribution in [3.05, 3.63) is 36.4 Å². The molecule has 0 aromatic carbocycles. The van der Waals surface area contributed by atoms with Crippen LogP contribution in [-0.4, -0.2) is 25.0 Å². The van der Waals surface area contributed by atoms with Crippen LogP contribution >= 0.6 is 0 Å². The summed E-state index contributed by atoms with van der Waals surface area (Å²) in [5.74, 6) is 0.632. The quantitative estimate of drug-likeness (QED) is 0.725. The molecule has 1 aliphatic carbocycles. The first-order valence-electron chi connectivity index (χ1n) is 5.76. The van der Waals surface area contributed by atoms with Crippen LogP contribution < -0.4 is 0 Å². The monoisotopic (exact) mass is 225 g/mol. The number of pyridine rings is 1. The number of nitrogens with zero attached hydrogens (tertiary/aromatic N) is 4. The Kier molecular flexibility index (Phi) is 1.66. The van der Waals surface area contributed by atoms with Crippen molar-refractivity contribution < 1.29 is 0 Å². The van der Waals surface area contributed by atoms with E-state index in [-0.39, 0.29) is 0 Å². The smallest absolute Gasteiger partial charge is 0.139 e. The number of fused-ring (bicyclic) bond motifs is 1. The van der Waals surface area contributed by atoms with E-state index in [1.807, 2.05) is 29.2 Å². The van der Waals surface area contributed by atoms with Gasteiger partial charge in [0.1, 0.15) is 5.65 Å². The van der Waals surface area contributed by atoms with E-state index in [4.69, 9.17) is 0 Å². The van der Waals surface area contributed by atoms with E-state index in [9.17, 15) is 0 Å². The summed E-state index contributed by atoms with van der Waals surface area (Å²) in [6.45, 7) is 0. The van der Waals surface area contributed by atoms with E-state index >= 15 is 0 Å². The highest BCUT2D eigenvalue weighted by Gasteiger charge is 2.26. The summed E-state index contributed by atoms with van der Waals surface area (Å²) in [4.78, 5) is 7.41. The van der Waals surface area contributed by atoms with Gasteiger partial charge in [-0.25, -0.2) is 9.67 Å². The van der Waals surface area contributed by atoms with Gasteiger partial charge in [-0.1, -0.05) is 5.21 Å². The molecule has 84 valence electrons. The third kappa shape index (κ3) is 1.35. The Hall–Kier alpha value is -2.17. The van der Waals surface area contributed by atoms with Crippen LogP contribution in [0, 0.1) is 0 Å². The molecule has 1 fully saturated rings. The molecule has 3 aromatic heterocycles. The van der Waals surface area contributed by atoms with Gasteiger partial charge in [0.15, 0.2) is 0 Å². The van der Waals surface area contributed by atoms with Crippen molar-refractivity contribution in [2.75, 3.05) is 0 Å². The molecule has 5 nitrogen and oxygen atoms in total. The van der Waals surface area contributed by atoms with E-state index in [0.717, 1.165) is 22.4 Å². The van der Waals surface area contributed by atoms with E-state index in [0.29, 0.717) is 5.92 Å². The number of aromatic nitrogens is 5. The van der Waals surface area contributed by atoms with Crippen molar-refractivity contribution in [2.24, 2.45) is 0 Å². The van der Waals surface area contributed by atoms with Gasteiger partial charge >= 0.3 is 0 Å². The fourth-order valence-electron chi connectivity index (χ4n) is 2.09. The first-order valence-corrected chi connectivity index (χ1v) is 5.76. The third-order valence-electron chi connectivity index (χ3n) is 3.18. The molecule has 3 heterocycles. The lowest BCUT2D eigenvalue weighted by molar-refractivity contribution is 0.801. The summed E-state index contributed by atoms with van der Waals surface area (Å²) in [6.07, 6.45) is 8.21. The largest absolute Gasteiger partial charge is 0.344 e. The van der Waals surface area contributed by atoms with Crippen molar-refractivity contribution in [1.29, 1.82) is 0 Å².